The molecule has 1 aromatic carbocycles. The highest BCUT2D eigenvalue weighted by Gasteiger charge is 2.27. The summed E-state index contributed by atoms with van der Waals surface area (Å²) in [5.74, 6) is 0.416. The monoisotopic (exact) mass is 456 g/mol. The number of hydrogen-bond donors (Lipinski definition) is 2. The van der Waals surface area contributed by atoms with Crippen molar-refractivity contribution in [3.8, 4) is 17.0 Å². The number of nitrogens with zero attached hydrogens (tertiary/aromatic N) is 5. The minimum Gasteiger partial charge on any atom is -0.507 e. The number of hydrogen-bond acceptors (Lipinski definition) is 8. The fourth-order valence-corrected chi connectivity index (χ4v) is 3.84. The molecule has 32 heavy (non-hydrogen) atoms. The van der Waals surface area contributed by atoms with Crippen LogP contribution in [0.25, 0.3) is 17.0 Å². The molecule has 1 aromatic heterocycles. The Bertz CT molecular complexity index is 1050. The van der Waals surface area contributed by atoms with Crippen LogP contribution in [-0.2, 0) is 4.79 Å². The van der Waals surface area contributed by atoms with Crippen LogP contribution in [0, 0.1) is 5.92 Å². The predicted molar refractivity (Wildman–Crippen MR) is 128 cm³/mol. The summed E-state index contributed by atoms with van der Waals surface area (Å²) >= 11 is 0. The second-order valence-electron chi connectivity index (χ2n) is 9.20. The van der Waals surface area contributed by atoms with E-state index in [1.807, 2.05) is 0 Å². The fraction of sp³-hybridized carbons (Fsp3) is 0.435. The lowest BCUT2D eigenvalue weighted by molar-refractivity contribution is -0.115. The third-order valence-electron chi connectivity index (χ3n) is 5.39. The van der Waals surface area contributed by atoms with E-state index in [0.717, 1.165) is 19.5 Å². The Labute approximate surface area is 194 Å². The Morgan fingerprint density at radius 1 is 1.22 bits per heavy atom. The fourth-order valence-electron chi connectivity index (χ4n) is 3.84. The van der Waals surface area contributed by atoms with Gasteiger partial charge in [0.2, 0.25) is 5.95 Å². The van der Waals surface area contributed by atoms with Crippen LogP contribution in [0.3, 0.4) is 0 Å². The van der Waals surface area contributed by atoms with E-state index in [1.54, 1.807) is 37.5 Å². The van der Waals surface area contributed by atoms with Crippen molar-refractivity contribution >= 4 is 36.1 Å². The summed E-state index contributed by atoms with van der Waals surface area (Å²) < 4.78 is 0. The summed E-state index contributed by atoms with van der Waals surface area (Å²) in [6, 6.07) is 5.53. The summed E-state index contributed by atoms with van der Waals surface area (Å²) in [5, 5.41) is 22.7. The molecule has 2 aromatic rings. The van der Waals surface area contributed by atoms with Crippen molar-refractivity contribution in [2.24, 2.45) is 10.9 Å². The summed E-state index contributed by atoms with van der Waals surface area (Å²) in [7, 11) is 0. The lowest BCUT2D eigenvalue weighted by Crippen LogP contribution is -2.45. The zero-order valence-corrected chi connectivity index (χ0v) is 19.6. The number of carbonyl (C=O) groups excluding carboxylic acids is 1. The number of allylic oxidation sites excluding steroid dienone is 1. The first-order chi connectivity index (χ1) is 14.7. The van der Waals surface area contributed by atoms with Gasteiger partial charge in [-0.2, -0.15) is 0 Å². The number of benzene rings is 1. The van der Waals surface area contributed by atoms with Gasteiger partial charge in [-0.1, -0.05) is 13.0 Å². The smallest absolute Gasteiger partial charge is 0.245 e. The number of carbonyl (C=O) groups is 1. The van der Waals surface area contributed by atoms with Gasteiger partial charge in [-0.25, -0.2) is 4.98 Å². The number of ketones is 1. The van der Waals surface area contributed by atoms with Crippen molar-refractivity contribution in [2.45, 2.75) is 45.7 Å². The highest BCUT2D eigenvalue weighted by molar-refractivity contribution is 6.09. The summed E-state index contributed by atoms with van der Waals surface area (Å²) in [4.78, 5) is 22.8. The Hall–Kier alpha value is -2.84. The lowest BCUT2D eigenvalue weighted by Gasteiger charge is -2.25. The lowest BCUT2D eigenvalue weighted by atomic mass is 10.00. The van der Waals surface area contributed by atoms with E-state index >= 15 is 0 Å². The molecule has 0 bridgehead atoms. The molecule has 4 rings (SSSR count). The number of rotatable bonds is 4. The molecule has 8 nitrogen and oxygen atoms in total. The van der Waals surface area contributed by atoms with Gasteiger partial charge in [0.1, 0.15) is 11.4 Å². The zero-order chi connectivity index (χ0) is 22.2. The Morgan fingerprint density at radius 3 is 2.62 bits per heavy atom. The van der Waals surface area contributed by atoms with Crippen molar-refractivity contribution in [3.63, 3.8) is 0 Å². The molecule has 0 spiro atoms. The minimum atomic E-state index is -0.216. The molecule has 0 saturated carbocycles. The van der Waals surface area contributed by atoms with Crippen molar-refractivity contribution < 1.29 is 9.90 Å². The molecule has 170 valence electrons. The number of nitrogens with one attached hydrogen (secondary N) is 1. The molecule has 0 amide bonds. The number of aliphatic imine (C=N–C) groups is 1. The highest BCUT2D eigenvalue weighted by atomic mass is 35.5. The van der Waals surface area contributed by atoms with Crippen LogP contribution in [0.5, 0.6) is 5.75 Å². The third kappa shape index (κ3) is 5.31. The molecule has 2 aliphatic rings. The maximum Gasteiger partial charge on any atom is 0.245 e. The molecule has 2 N–H and O–H groups in total. The molecular formula is C23H29ClN6O2. The molecule has 0 radical (unpaired) electrons. The van der Waals surface area contributed by atoms with E-state index in [9.17, 15) is 9.90 Å². The van der Waals surface area contributed by atoms with Gasteiger partial charge in [-0.15, -0.1) is 22.6 Å². The van der Waals surface area contributed by atoms with Crippen LogP contribution in [-0.4, -0.2) is 57.0 Å². The molecule has 2 atom stereocenters. The number of phenolic OH excluding ortho intramolecular Hbond substituents is 1. The zero-order valence-electron chi connectivity index (χ0n) is 18.7. The molecule has 1 saturated heterocycles. The highest BCUT2D eigenvalue weighted by Crippen LogP contribution is 2.32. The van der Waals surface area contributed by atoms with Crippen molar-refractivity contribution in [3.05, 3.63) is 36.0 Å². The van der Waals surface area contributed by atoms with Gasteiger partial charge >= 0.3 is 0 Å². The van der Waals surface area contributed by atoms with Gasteiger partial charge < -0.3 is 15.3 Å². The Balaban J connectivity index is 0.00000289. The molecule has 9 heteroatoms. The molecule has 2 unspecified atom stereocenters. The van der Waals surface area contributed by atoms with Crippen LogP contribution >= 0.6 is 12.4 Å². The Morgan fingerprint density at radius 2 is 2.00 bits per heavy atom. The summed E-state index contributed by atoms with van der Waals surface area (Å²) in [6.07, 6.45) is 5.79. The molecule has 1 fully saturated rings. The normalized spacial score (nSPS) is 20.8. The number of anilines is 1. The average molecular weight is 457 g/mol. The average Bonchev–Trinajstić information content (AvgIpc) is 3.17. The van der Waals surface area contributed by atoms with E-state index in [-0.39, 0.29) is 35.4 Å². The third-order valence-corrected chi connectivity index (χ3v) is 5.39. The van der Waals surface area contributed by atoms with Gasteiger partial charge in [0.25, 0.3) is 0 Å². The van der Waals surface area contributed by atoms with E-state index in [0.29, 0.717) is 34.5 Å². The quantitative estimate of drug-likeness (QED) is 0.727. The van der Waals surface area contributed by atoms with Crippen LogP contribution in [0.2, 0.25) is 0 Å². The summed E-state index contributed by atoms with van der Waals surface area (Å²) in [5.41, 5.74) is 2.30. The van der Waals surface area contributed by atoms with Crippen molar-refractivity contribution in [1.29, 1.82) is 0 Å². The van der Waals surface area contributed by atoms with Gasteiger partial charge in [0.05, 0.1) is 17.8 Å². The molecule has 2 aliphatic heterocycles. The van der Waals surface area contributed by atoms with E-state index in [2.05, 4.69) is 51.2 Å². The maximum atomic E-state index is 11.9. The number of phenols is 1. The van der Waals surface area contributed by atoms with Crippen LogP contribution < -0.4 is 10.2 Å². The molecular weight excluding hydrogens is 428 g/mol. The van der Waals surface area contributed by atoms with Crippen LogP contribution in [0.15, 0.2) is 35.5 Å². The van der Waals surface area contributed by atoms with Crippen molar-refractivity contribution in [1.82, 2.24) is 20.5 Å². The first kappa shape index (κ1) is 23.8. The number of aromatic nitrogens is 3. The number of aromatic hydroxyl groups is 1. The maximum absolute atomic E-state index is 11.9. The van der Waals surface area contributed by atoms with E-state index < -0.39 is 0 Å². The predicted octanol–water partition coefficient (Wildman–Crippen LogP) is 3.26. The Kier molecular flexibility index (Phi) is 6.95. The first-order valence-corrected chi connectivity index (χ1v) is 10.6. The topological polar surface area (TPSA) is 104 Å². The van der Waals surface area contributed by atoms with Crippen molar-refractivity contribution in [2.75, 3.05) is 18.0 Å². The van der Waals surface area contributed by atoms with Gasteiger partial charge in [-0.3, -0.25) is 9.79 Å². The standard InChI is InChI=1S/C23H28N6O2.ClH/c1-14-11-24-18(10-20(14)30)15-5-6-17(21(31)9-15)19-12-25-22(28-27-19)29-8-7-16(13-29)26-23(2,3)4;/h5-6,9-12,14,16,26,31H,7-8,13H2,1-4H3;1H. The van der Waals surface area contributed by atoms with Crippen LogP contribution in [0.4, 0.5) is 5.95 Å². The molecule has 3 heterocycles. The second kappa shape index (κ2) is 9.34. The summed E-state index contributed by atoms with van der Waals surface area (Å²) in [6.45, 7) is 10.0. The first-order valence-electron chi connectivity index (χ1n) is 10.6. The van der Waals surface area contributed by atoms with E-state index in [4.69, 9.17) is 0 Å². The minimum absolute atomic E-state index is 0. The second-order valence-corrected chi connectivity index (χ2v) is 9.20. The van der Waals surface area contributed by atoms with Gasteiger partial charge in [0, 0.05) is 48.1 Å². The van der Waals surface area contributed by atoms with Crippen LogP contribution in [0.1, 0.15) is 39.7 Å². The van der Waals surface area contributed by atoms with Gasteiger partial charge in [-0.05, 0) is 39.3 Å². The number of halogens is 1. The largest absolute Gasteiger partial charge is 0.507 e. The van der Waals surface area contributed by atoms with E-state index in [1.165, 1.54) is 6.08 Å². The van der Waals surface area contributed by atoms with Gasteiger partial charge in [0.15, 0.2) is 5.78 Å². The SMILES string of the molecule is CC1C=NC(c2ccc(-c3cnc(N4CCC(NC(C)(C)C)C4)nn3)c(O)c2)=CC1=O.Cl. The molecule has 0 aliphatic carbocycles.